The van der Waals surface area contributed by atoms with Crippen molar-refractivity contribution in [2.75, 3.05) is 45.9 Å². The molecule has 3 fully saturated rings. The summed E-state index contributed by atoms with van der Waals surface area (Å²) in [6.07, 6.45) is 4.58. The average molecular weight is 349 g/mol. The minimum Gasteiger partial charge on any atom is -0.378 e. The molecule has 8 nitrogen and oxygen atoms in total. The van der Waals surface area contributed by atoms with E-state index in [0.717, 1.165) is 44.2 Å². The van der Waals surface area contributed by atoms with Gasteiger partial charge in [0.1, 0.15) is 0 Å². The van der Waals surface area contributed by atoms with E-state index in [1.54, 1.807) is 0 Å². The third kappa shape index (κ3) is 4.56. The molecule has 1 amide bonds. The van der Waals surface area contributed by atoms with E-state index in [4.69, 9.17) is 9.26 Å². The van der Waals surface area contributed by atoms with E-state index >= 15 is 0 Å². The van der Waals surface area contributed by atoms with E-state index in [9.17, 15) is 4.79 Å². The molecule has 1 atom stereocenters. The molecule has 0 bridgehead atoms. The Kier molecular flexibility index (Phi) is 5.28. The maximum Gasteiger partial charge on any atom is 0.236 e. The molecule has 138 valence electrons. The number of hydrogen-bond donors (Lipinski definition) is 1. The summed E-state index contributed by atoms with van der Waals surface area (Å²) in [4.78, 5) is 21.0. The van der Waals surface area contributed by atoms with E-state index in [1.807, 2.05) is 4.90 Å². The Morgan fingerprint density at radius 3 is 2.84 bits per heavy atom. The average Bonchev–Trinajstić information content (AvgIpc) is 3.40. The number of nitrogens with one attached hydrogen (secondary N) is 1. The van der Waals surface area contributed by atoms with E-state index in [-0.39, 0.29) is 5.91 Å². The number of aromatic nitrogens is 2. The highest BCUT2D eigenvalue weighted by Crippen LogP contribution is 2.38. The largest absolute Gasteiger partial charge is 0.378 e. The van der Waals surface area contributed by atoms with Crippen molar-refractivity contribution in [3.05, 3.63) is 11.7 Å². The molecule has 8 heteroatoms. The molecule has 1 aromatic heterocycles. The predicted molar refractivity (Wildman–Crippen MR) is 90.0 cm³/mol. The Morgan fingerprint density at radius 2 is 2.04 bits per heavy atom. The number of carbonyl (C=O) groups is 1. The summed E-state index contributed by atoms with van der Waals surface area (Å²) in [6, 6.07) is 0.341. The zero-order chi connectivity index (χ0) is 17.1. The smallest absolute Gasteiger partial charge is 0.236 e. The lowest BCUT2D eigenvalue weighted by atomic mass is 10.1. The third-order valence-corrected chi connectivity index (χ3v) is 5.19. The molecular weight excluding hydrogens is 322 g/mol. The fraction of sp³-hybridized carbons (Fsp3) is 0.824. The van der Waals surface area contributed by atoms with Gasteiger partial charge >= 0.3 is 0 Å². The standard InChI is InChI=1S/C17H27N5O3/c23-16(22-6-8-24-9-7-22)10-18-14-2-1-5-21(11-14)12-15-19-17(25-20-15)13-3-4-13/h13-14,18H,1-12H2. The summed E-state index contributed by atoms with van der Waals surface area (Å²) in [5, 5.41) is 7.54. The molecule has 2 aliphatic heterocycles. The number of ether oxygens (including phenoxy) is 1. The molecule has 0 aromatic carbocycles. The van der Waals surface area contributed by atoms with Gasteiger partial charge in [-0.1, -0.05) is 5.16 Å². The van der Waals surface area contributed by atoms with Gasteiger partial charge in [-0.05, 0) is 32.2 Å². The summed E-state index contributed by atoms with van der Waals surface area (Å²) in [6.45, 7) is 5.81. The van der Waals surface area contributed by atoms with Crippen LogP contribution in [0.5, 0.6) is 0 Å². The number of hydrogen-bond acceptors (Lipinski definition) is 7. The Balaban J connectivity index is 1.22. The minimum absolute atomic E-state index is 0.174. The van der Waals surface area contributed by atoms with Gasteiger partial charge in [0.15, 0.2) is 5.82 Å². The summed E-state index contributed by atoms with van der Waals surface area (Å²) in [7, 11) is 0. The molecule has 4 rings (SSSR count). The quantitative estimate of drug-likeness (QED) is 0.794. The Hall–Kier alpha value is -1.51. The zero-order valence-corrected chi connectivity index (χ0v) is 14.7. The van der Waals surface area contributed by atoms with Crippen molar-refractivity contribution in [1.82, 2.24) is 25.3 Å². The van der Waals surface area contributed by atoms with Crippen molar-refractivity contribution in [2.45, 2.75) is 44.2 Å². The Bertz CT molecular complexity index is 583. The van der Waals surface area contributed by atoms with Crippen LogP contribution in [0.3, 0.4) is 0 Å². The molecule has 1 unspecified atom stereocenters. The molecule has 0 radical (unpaired) electrons. The van der Waals surface area contributed by atoms with Crippen LogP contribution in [0, 0.1) is 0 Å². The number of likely N-dealkylation sites (tertiary alicyclic amines) is 1. The van der Waals surface area contributed by atoms with Gasteiger partial charge in [-0.25, -0.2) is 0 Å². The third-order valence-electron chi connectivity index (χ3n) is 5.19. The summed E-state index contributed by atoms with van der Waals surface area (Å²) in [5.74, 6) is 2.26. The zero-order valence-electron chi connectivity index (χ0n) is 14.7. The Labute approximate surface area is 147 Å². The Morgan fingerprint density at radius 1 is 1.20 bits per heavy atom. The molecule has 2 saturated heterocycles. The van der Waals surface area contributed by atoms with E-state index < -0.39 is 0 Å². The van der Waals surface area contributed by atoms with Crippen molar-refractivity contribution < 1.29 is 14.1 Å². The van der Waals surface area contributed by atoms with E-state index in [1.165, 1.54) is 12.8 Å². The first-order chi connectivity index (χ1) is 12.3. The van der Waals surface area contributed by atoms with E-state index in [0.29, 0.717) is 44.8 Å². The van der Waals surface area contributed by atoms with Crippen LogP contribution >= 0.6 is 0 Å². The molecule has 25 heavy (non-hydrogen) atoms. The number of amides is 1. The van der Waals surface area contributed by atoms with Crippen LogP contribution in [0.15, 0.2) is 4.52 Å². The van der Waals surface area contributed by atoms with Gasteiger partial charge in [-0.3, -0.25) is 9.69 Å². The number of nitrogens with zero attached hydrogens (tertiary/aromatic N) is 4. The molecule has 1 N–H and O–H groups in total. The lowest BCUT2D eigenvalue weighted by Gasteiger charge is -2.33. The second-order valence-corrected chi connectivity index (χ2v) is 7.27. The molecule has 1 saturated carbocycles. The lowest BCUT2D eigenvalue weighted by Crippen LogP contribution is -2.50. The summed E-state index contributed by atoms with van der Waals surface area (Å²) in [5.41, 5.74) is 0. The first-order valence-corrected chi connectivity index (χ1v) is 9.41. The maximum atomic E-state index is 12.2. The molecule has 1 aliphatic carbocycles. The van der Waals surface area contributed by atoms with Gasteiger partial charge in [-0.15, -0.1) is 0 Å². The topological polar surface area (TPSA) is 83.7 Å². The first kappa shape index (κ1) is 16.9. The normalized spacial score (nSPS) is 25.3. The highest BCUT2D eigenvalue weighted by molar-refractivity contribution is 5.78. The number of morpholine rings is 1. The SMILES string of the molecule is O=C(CNC1CCCN(Cc2noc(C3CC3)n2)C1)N1CCOCC1. The van der Waals surface area contributed by atoms with Crippen molar-refractivity contribution in [3.8, 4) is 0 Å². The minimum atomic E-state index is 0.174. The van der Waals surface area contributed by atoms with Crippen LogP contribution in [-0.4, -0.2) is 77.8 Å². The highest BCUT2D eigenvalue weighted by Gasteiger charge is 2.30. The number of carbonyl (C=O) groups excluding carboxylic acids is 1. The van der Waals surface area contributed by atoms with Gasteiger partial charge in [0, 0.05) is 31.6 Å². The molecule has 0 spiro atoms. The summed E-state index contributed by atoms with van der Waals surface area (Å²) >= 11 is 0. The van der Waals surface area contributed by atoms with Gasteiger partial charge < -0.3 is 19.5 Å². The number of piperidine rings is 1. The van der Waals surface area contributed by atoms with Crippen molar-refractivity contribution in [1.29, 1.82) is 0 Å². The van der Waals surface area contributed by atoms with E-state index in [2.05, 4.69) is 20.4 Å². The van der Waals surface area contributed by atoms with Crippen LogP contribution in [-0.2, 0) is 16.1 Å². The van der Waals surface area contributed by atoms with Gasteiger partial charge in [-0.2, -0.15) is 4.98 Å². The van der Waals surface area contributed by atoms with Crippen molar-refractivity contribution in [3.63, 3.8) is 0 Å². The van der Waals surface area contributed by atoms with Crippen LogP contribution in [0.1, 0.15) is 43.3 Å². The van der Waals surface area contributed by atoms with Crippen LogP contribution < -0.4 is 5.32 Å². The van der Waals surface area contributed by atoms with Crippen molar-refractivity contribution >= 4 is 5.91 Å². The van der Waals surface area contributed by atoms with Gasteiger partial charge in [0.25, 0.3) is 0 Å². The lowest BCUT2D eigenvalue weighted by molar-refractivity contribution is -0.134. The van der Waals surface area contributed by atoms with Crippen LogP contribution in [0.2, 0.25) is 0 Å². The monoisotopic (exact) mass is 349 g/mol. The maximum absolute atomic E-state index is 12.2. The molecular formula is C17H27N5O3. The fourth-order valence-electron chi connectivity index (χ4n) is 3.55. The molecule has 3 heterocycles. The summed E-state index contributed by atoms with van der Waals surface area (Å²) < 4.78 is 10.6. The van der Waals surface area contributed by atoms with Crippen LogP contribution in [0.4, 0.5) is 0 Å². The predicted octanol–water partition coefficient (Wildman–Crippen LogP) is 0.360. The number of rotatable bonds is 6. The second-order valence-electron chi connectivity index (χ2n) is 7.27. The van der Waals surface area contributed by atoms with Gasteiger partial charge in [0.2, 0.25) is 11.8 Å². The van der Waals surface area contributed by atoms with Crippen molar-refractivity contribution in [2.24, 2.45) is 0 Å². The fourth-order valence-corrected chi connectivity index (χ4v) is 3.55. The first-order valence-electron chi connectivity index (χ1n) is 9.41. The molecule has 1 aromatic rings. The molecule has 3 aliphatic rings. The van der Waals surface area contributed by atoms with Gasteiger partial charge in [0.05, 0.1) is 26.3 Å². The van der Waals surface area contributed by atoms with Crippen LogP contribution in [0.25, 0.3) is 0 Å². The highest BCUT2D eigenvalue weighted by atomic mass is 16.5. The second kappa shape index (κ2) is 7.80.